The van der Waals surface area contributed by atoms with Crippen molar-refractivity contribution >= 4 is 17.9 Å². The maximum Gasteiger partial charge on any atom is 0.321 e. The topological polar surface area (TPSA) is 101 Å². The fraction of sp³-hybridized carbons (Fsp3) is 0.533. The van der Waals surface area contributed by atoms with Gasteiger partial charge in [-0.25, -0.2) is 19.7 Å². The summed E-state index contributed by atoms with van der Waals surface area (Å²) in [6.07, 6.45) is 7.23. The summed E-state index contributed by atoms with van der Waals surface area (Å²) < 4.78 is 1.66. The number of aromatic nitrogens is 5. The van der Waals surface area contributed by atoms with E-state index in [1.54, 1.807) is 23.4 Å². The molecule has 2 aromatic heterocycles. The number of amides is 2. The van der Waals surface area contributed by atoms with Gasteiger partial charge in [0.05, 0.1) is 0 Å². The molecule has 1 atom stereocenters. The molecule has 9 heteroatoms. The van der Waals surface area contributed by atoms with Gasteiger partial charge in [0, 0.05) is 38.6 Å². The van der Waals surface area contributed by atoms with Gasteiger partial charge in [-0.2, -0.15) is 0 Å². The number of aryl methyl sites for hydroxylation is 1. The second-order valence-corrected chi connectivity index (χ2v) is 5.76. The van der Waals surface area contributed by atoms with Crippen molar-refractivity contribution in [2.75, 3.05) is 29.9 Å². The zero-order valence-corrected chi connectivity index (χ0v) is 13.7. The fourth-order valence-electron chi connectivity index (χ4n) is 2.75. The van der Waals surface area contributed by atoms with Crippen LogP contribution in [0.4, 0.5) is 16.7 Å². The maximum absolute atomic E-state index is 12.0. The van der Waals surface area contributed by atoms with Crippen LogP contribution in [-0.4, -0.2) is 50.4 Å². The van der Waals surface area contributed by atoms with Crippen LogP contribution in [0.3, 0.4) is 0 Å². The highest BCUT2D eigenvalue weighted by Crippen LogP contribution is 2.19. The number of hydrogen-bond acceptors (Lipinski definition) is 6. The SMILES string of the molecule is CCn1cnc(NC(=O)NC[C@@H]2CCCN(c3ncccn3)C2)n1. The largest absolute Gasteiger partial charge is 0.340 e. The molecule has 0 unspecified atom stereocenters. The Labute approximate surface area is 140 Å². The van der Waals surface area contributed by atoms with E-state index in [-0.39, 0.29) is 6.03 Å². The predicted molar refractivity (Wildman–Crippen MR) is 89.7 cm³/mol. The lowest BCUT2D eigenvalue weighted by Crippen LogP contribution is -2.42. The van der Waals surface area contributed by atoms with Gasteiger partial charge in [-0.3, -0.25) is 10.00 Å². The molecule has 1 aliphatic heterocycles. The van der Waals surface area contributed by atoms with Crippen LogP contribution < -0.4 is 15.5 Å². The summed E-state index contributed by atoms with van der Waals surface area (Å²) in [5.41, 5.74) is 0. The van der Waals surface area contributed by atoms with Crippen molar-refractivity contribution in [1.82, 2.24) is 30.0 Å². The molecule has 0 saturated carbocycles. The van der Waals surface area contributed by atoms with Gasteiger partial charge in [0.25, 0.3) is 0 Å². The molecule has 0 spiro atoms. The Balaban J connectivity index is 1.46. The van der Waals surface area contributed by atoms with E-state index in [1.165, 1.54) is 0 Å². The van der Waals surface area contributed by atoms with Crippen molar-refractivity contribution in [3.8, 4) is 0 Å². The second-order valence-electron chi connectivity index (χ2n) is 5.76. The first-order valence-electron chi connectivity index (χ1n) is 8.21. The summed E-state index contributed by atoms with van der Waals surface area (Å²) in [6.45, 7) is 5.07. The molecule has 0 radical (unpaired) electrons. The van der Waals surface area contributed by atoms with Crippen LogP contribution in [0, 0.1) is 5.92 Å². The number of carbonyl (C=O) groups excluding carboxylic acids is 1. The molecular weight excluding hydrogens is 308 g/mol. The van der Waals surface area contributed by atoms with E-state index in [0.717, 1.165) is 38.4 Å². The van der Waals surface area contributed by atoms with Gasteiger partial charge in [0.15, 0.2) is 0 Å². The maximum atomic E-state index is 12.0. The number of rotatable bonds is 5. The van der Waals surface area contributed by atoms with Crippen LogP contribution in [0.25, 0.3) is 0 Å². The van der Waals surface area contributed by atoms with Gasteiger partial charge in [-0.15, -0.1) is 5.10 Å². The van der Waals surface area contributed by atoms with E-state index in [4.69, 9.17) is 0 Å². The van der Waals surface area contributed by atoms with Gasteiger partial charge in [-0.1, -0.05) is 0 Å². The zero-order chi connectivity index (χ0) is 16.8. The molecule has 128 valence electrons. The van der Waals surface area contributed by atoms with Crippen molar-refractivity contribution in [2.24, 2.45) is 5.92 Å². The average molecular weight is 330 g/mol. The normalized spacial score (nSPS) is 17.5. The Kier molecular flexibility index (Phi) is 5.19. The highest BCUT2D eigenvalue weighted by atomic mass is 16.2. The molecule has 1 saturated heterocycles. The van der Waals surface area contributed by atoms with Gasteiger partial charge < -0.3 is 10.2 Å². The van der Waals surface area contributed by atoms with Gasteiger partial charge in [-0.05, 0) is 31.7 Å². The smallest absolute Gasteiger partial charge is 0.321 e. The van der Waals surface area contributed by atoms with Gasteiger partial charge in [0.1, 0.15) is 6.33 Å². The van der Waals surface area contributed by atoms with E-state index in [1.807, 2.05) is 13.0 Å². The number of hydrogen-bond donors (Lipinski definition) is 2. The summed E-state index contributed by atoms with van der Waals surface area (Å²) in [4.78, 5) is 26.7. The lowest BCUT2D eigenvalue weighted by Gasteiger charge is -2.32. The third-order valence-electron chi connectivity index (χ3n) is 3.99. The Morgan fingerprint density at radius 2 is 2.17 bits per heavy atom. The minimum atomic E-state index is -0.281. The van der Waals surface area contributed by atoms with E-state index in [2.05, 4.69) is 35.6 Å². The minimum Gasteiger partial charge on any atom is -0.340 e. The number of urea groups is 1. The van der Waals surface area contributed by atoms with Crippen molar-refractivity contribution in [3.05, 3.63) is 24.8 Å². The number of carbonyl (C=O) groups is 1. The summed E-state index contributed by atoms with van der Waals surface area (Å²) >= 11 is 0. The molecule has 1 aliphatic rings. The van der Waals surface area contributed by atoms with E-state index >= 15 is 0 Å². The van der Waals surface area contributed by atoms with Gasteiger partial charge >= 0.3 is 6.03 Å². The van der Waals surface area contributed by atoms with Crippen LogP contribution in [0.5, 0.6) is 0 Å². The number of anilines is 2. The molecule has 0 aromatic carbocycles. The van der Waals surface area contributed by atoms with Crippen LogP contribution in [-0.2, 0) is 6.54 Å². The standard InChI is InChI=1S/C15H22N8O/c1-2-23-11-19-13(21-23)20-15(24)18-9-12-5-3-8-22(10-12)14-16-6-4-7-17-14/h4,6-7,11-12H,2-3,5,8-10H2,1H3,(H2,18,20,21,24)/t12-/m0/s1. The molecule has 1 fully saturated rings. The second kappa shape index (κ2) is 7.71. The van der Waals surface area contributed by atoms with Crippen LogP contribution in [0.1, 0.15) is 19.8 Å². The van der Waals surface area contributed by atoms with E-state index < -0.39 is 0 Å². The first kappa shape index (κ1) is 16.2. The summed E-state index contributed by atoms with van der Waals surface area (Å²) in [6, 6.07) is 1.53. The molecule has 0 aliphatic carbocycles. The minimum absolute atomic E-state index is 0.281. The van der Waals surface area contributed by atoms with E-state index in [0.29, 0.717) is 18.4 Å². The van der Waals surface area contributed by atoms with Crippen molar-refractivity contribution < 1.29 is 4.79 Å². The quantitative estimate of drug-likeness (QED) is 0.852. The third-order valence-corrected chi connectivity index (χ3v) is 3.99. The Bertz CT molecular complexity index is 659. The van der Waals surface area contributed by atoms with Gasteiger partial charge in [0.2, 0.25) is 11.9 Å². The number of nitrogens with zero attached hydrogens (tertiary/aromatic N) is 6. The van der Waals surface area contributed by atoms with Crippen LogP contribution >= 0.6 is 0 Å². The molecule has 2 N–H and O–H groups in total. The van der Waals surface area contributed by atoms with Crippen molar-refractivity contribution in [2.45, 2.75) is 26.3 Å². The Hall–Kier alpha value is -2.71. The molecular formula is C15H22N8O. The molecule has 0 bridgehead atoms. The molecule has 24 heavy (non-hydrogen) atoms. The average Bonchev–Trinajstić information content (AvgIpc) is 3.08. The molecule has 2 aromatic rings. The first-order valence-corrected chi connectivity index (χ1v) is 8.21. The lowest BCUT2D eigenvalue weighted by atomic mass is 9.98. The summed E-state index contributed by atoms with van der Waals surface area (Å²) in [5.74, 6) is 1.44. The van der Waals surface area contributed by atoms with Crippen molar-refractivity contribution in [3.63, 3.8) is 0 Å². The van der Waals surface area contributed by atoms with Crippen molar-refractivity contribution in [1.29, 1.82) is 0 Å². The molecule has 3 rings (SSSR count). The fourth-order valence-corrected chi connectivity index (χ4v) is 2.75. The number of piperidine rings is 1. The monoisotopic (exact) mass is 330 g/mol. The highest BCUT2D eigenvalue weighted by molar-refractivity contribution is 5.87. The first-order chi connectivity index (χ1) is 11.7. The molecule has 2 amide bonds. The third kappa shape index (κ3) is 4.18. The van der Waals surface area contributed by atoms with Crippen LogP contribution in [0.15, 0.2) is 24.8 Å². The Morgan fingerprint density at radius 3 is 2.92 bits per heavy atom. The highest BCUT2D eigenvalue weighted by Gasteiger charge is 2.22. The summed E-state index contributed by atoms with van der Waals surface area (Å²) in [5, 5.41) is 9.67. The number of nitrogens with one attached hydrogen (secondary N) is 2. The Morgan fingerprint density at radius 1 is 1.33 bits per heavy atom. The zero-order valence-electron chi connectivity index (χ0n) is 13.7. The summed E-state index contributed by atoms with van der Waals surface area (Å²) in [7, 11) is 0. The molecule has 9 nitrogen and oxygen atoms in total. The van der Waals surface area contributed by atoms with E-state index in [9.17, 15) is 4.79 Å². The lowest BCUT2D eigenvalue weighted by molar-refractivity contribution is 0.249. The molecule has 3 heterocycles. The predicted octanol–water partition coefficient (Wildman–Crippen LogP) is 1.13. The van der Waals surface area contributed by atoms with Crippen LogP contribution in [0.2, 0.25) is 0 Å².